The first-order valence-electron chi connectivity index (χ1n) is 7.44. The van der Waals surface area contributed by atoms with Crippen LogP contribution in [0.5, 0.6) is 5.75 Å². The maximum Gasteiger partial charge on any atom is 0.258 e. The molecule has 1 aromatic rings. The van der Waals surface area contributed by atoms with E-state index in [1.807, 2.05) is 31.2 Å². The Morgan fingerprint density at radius 3 is 2.55 bits per heavy atom. The van der Waals surface area contributed by atoms with Crippen molar-refractivity contribution in [2.75, 3.05) is 6.61 Å². The Kier molecular flexibility index (Phi) is 3.92. The second-order valence-corrected chi connectivity index (χ2v) is 5.98. The van der Waals surface area contributed by atoms with Crippen LogP contribution < -0.4 is 15.4 Å². The molecule has 2 fully saturated rings. The molecule has 2 N–H and O–H groups in total. The molecule has 0 aromatic heterocycles. The minimum Gasteiger partial charge on any atom is -0.484 e. The van der Waals surface area contributed by atoms with Crippen LogP contribution >= 0.6 is 0 Å². The highest BCUT2D eigenvalue weighted by Crippen LogP contribution is 2.26. The number of carbonyl (C=O) groups excluding carboxylic acids is 1. The van der Waals surface area contributed by atoms with Crippen LogP contribution in [0.3, 0.4) is 0 Å². The Morgan fingerprint density at radius 2 is 1.90 bits per heavy atom. The zero-order valence-electron chi connectivity index (χ0n) is 11.9. The zero-order chi connectivity index (χ0) is 13.9. The number of rotatable bonds is 4. The zero-order valence-corrected chi connectivity index (χ0v) is 11.9. The van der Waals surface area contributed by atoms with Crippen molar-refractivity contribution in [1.29, 1.82) is 0 Å². The molecule has 1 amide bonds. The van der Waals surface area contributed by atoms with Crippen LogP contribution in [0.2, 0.25) is 0 Å². The molecule has 0 radical (unpaired) electrons. The predicted octanol–water partition coefficient (Wildman–Crippen LogP) is 1.77. The molecular formula is C16H22N2O2. The molecule has 2 atom stereocenters. The van der Waals surface area contributed by atoms with Crippen molar-refractivity contribution < 1.29 is 9.53 Å². The Morgan fingerprint density at radius 1 is 1.25 bits per heavy atom. The number of piperidine rings is 1. The largest absolute Gasteiger partial charge is 0.484 e. The van der Waals surface area contributed by atoms with Gasteiger partial charge < -0.3 is 15.4 Å². The summed E-state index contributed by atoms with van der Waals surface area (Å²) in [7, 11) is 0. The fourth-order valence-electron chi connectivity index (χ4n) is 3.23. The van der Waals surface area contributed by atoms with Crippen LogP contribution in [0.15, 0.2) is 24.3 Å². The van der Waals surface area contributed by atoms with Gasteiger partial charge >= 0.3 is 0 Å². The van der Waals surface area contributed by atoms with E-state index in [0.29, 0.717) is 18.1 Å². The van der Waals surface area contributed by atoms with Crippen molar-refractivity contribution in [1.82, 2.24) is 10.6 Å². The number of ether oxygens (including phenoxy) is 1. The molecule has 20 heavy (non-hydrogen) atoms. The lowest BCUT2D eigenvalue weighted by Gasteiger charge is -2.29. The fraction of sp³-hybridized carbons (Fsp3) is 0.562. The van der Waals surface area contributed by atoms with Crippen LogP contribution in [0, 0.1) is 6.92 Å². The third kappa shape index (κ3) is 3.31. The SMILES string of the molecule is Cc1ccc(OCC(=O)NC2CC3CCC(C2)N3)cc1. The van der Waals surface area contributed by atoms with E-state index in [0.717, 1.165) is 18.6 Å². The second-order valence-electron chi connectivity index (χ2n) is 5.98. The summed E-state index contributed by atoms with van der Waals surface area (Å²) in [6.45, 7) is 2.13. The topological polar surface area (TPSA) is 50.4 Å². The Labute approximate surface area is 119 Å². The van der Waals surface area contributed by atoms with Gasteiger partial charge in [0.15, 0.2) is 6.61 Å². The van der Waals surface area contributed by atoms with E-state index < -0.39 is 0 Å². The highest BCUT2D eigenvalue weighted by molar-refractivity contribution is 5.77. The predicted molar refractivity (Wildman–Crippen MR) is 77.8 cm³/mol. The van der Waals surface area contributed by atoms with E-state index in [4.69, 9.17) is 4.74 Å². The minimum atomic E-state index is -0.0168. The number of nitrogens with one attached hydrogen (secondary N) is 2. The van der Waals surface area contributed by atoms with Gasteiger partial charge in [0.25, 0.3) is 5.91 Å². The van der Waals surface area contributed by atoms with Crippen LogP contribution in [0.4, 0.5) is 0 Å². The first kappa shape index (κ1) is 13.4. The molecule has 4 heteroatoms. The normalized spacial score (nSPS) is 28.1. The summed E-state index contributed by atoms with van der Waals surface area (Å²) in [5.41, 5.74) is 1.19. The van der Waals surface area contributed by atoms with Crippen molar-refractivity contribution in [3.63, 3.8) is 0 Å². The molecular weight excluding hydrogens is 252 g/mol. The number of hydrogen-bond donors (Lipinski definition) is 2. The van der Waals surface area contributed by atoms with Crippen molar-refractivity contribution in [3.05, 3.63) is 29.8 Å². The summed E-state index contributed by atoms with van der Waals surface area (Å²) >= 11 is 0. The molecule has 2 saturated heterocycles. The molecule has 0 saturated carbocycles. The van der Waals surface area contributed by atoms with Gasteiger partial charge in [-0.1, -0.05) is 17.7 Å². The summed E-state index contributed by atoms with van der Waals surface area (Å²) in [5.74, 6) is 0.730. The van der Waals surface area contributed by atoms with Crippen LogP contribution in [-0.4, -0.2) is 30.6 Å². The molecule has 1 aromatic carbocycles. The monoisotopic (exact) mass is 274 g/mol. The molecule has 2 aliphatic rings. The van der Waals surface area contributed by atoms with E-state index in [2.05, 4.69) is 10.6 Å². The fourth-order valence-corrected chi connectivity index (χ4v) is 3.23. The molecule has 3 rings (SSSR count). The van der Waals surface area contributed by atoms with Gasteiger partial charge in [0.1, 0.15) is 5.75 Å². The Hall–Kier alpha value is -1.55. The average molecular weight is 274 g/mol. The lowest BCUT2D eigenvalue weighted by Crippen LogP contribution is -2.48. The standard InChI is InChI=1S/C16H22N2O2/c1-11-2-6-15(7-3-11)20-10-16(19)18-14-8-12-4-5-13(9-14)17-12/h2-3,6-7,12-14,17H,4-5,8-10H2,1H3,(H,18,19). The van der Waals surface area contributed by atoms with Crippen molar-refractivity contribution in [2.24, 2.45) is 0 Å². The molecule has 2 aliphatic heterocycles. The lowest BCUT2D eigenvalue weighted by atomic mass is 10.00. The molecule has 2 bridgehead atoms. The molecule has 2 heterocycles. The van der Waals surface area contributed by atoms with Crippen molar-refractivity contribution >= 4 is 5.91 Å². The van der Waals surface area contributed by atoms with Crippen LogP contribution in [0.25, 0.3) is 0 Å². The van der Waals surface area contributed by atoms with E-state index in [1.165, 1.54) is 18.4 Å². The molecule has 108 valence electrons. The Balaban J connectivity index is 1.44. The van der Waals surface area contributed by atoms with Crippen molar-refractivity contribution in [3.8, 4) is 5.75 Å². The molecule has 2 unspecified atom stereocenters. The number of amides is 1. The number of hydrogen-bond acceptors (Lipinski definition) is 3. The first-order chi connectivity index (χ1) is 9.69. The van der Waals surface area contributed by atoms with Crippen molar-refractivity contribution in [2.45, 2.75) is 50.7 Å². The van der Waals surface area contributed by atoms with E-state index in [9.17, 15) is 4.79 Å². The van der Waals surface area contributed by atoms with E-state index in [1.54, 1.807) is 0 Å². The van der Waals surface area contributed by atoms with Crippen LogP contribution in [-0.2, 0) is 4.79 Å². The van der Waals surface area contributed by atoms with Gasteiger partial charge in [0.05, 0.1) is 0 Å². The smallest absolute Gasteiger partial charge is 0.258 e. The number of aryl methyl sites for hydroxylation is 1. The number of carbonyl (C=O) groups is 1. The Bertz CT molecular complexity index is 460. The third-order valence-electron chi connectivity index (χ3n) is 4.23. The van der Waals surface area contributed by atoms with Gasteiger partial charge in [0.2, 0.25) is 0 Å². The first-order valence-corrected chi connectivity index (χ1v) is 7.44. The summed E-state index contributed by atoms with van der Waals surface area (Å²) in [6.07, 6.45) is 4.59. The minimum absolute atomic E-state index is 0.0168. The van der Waals surface area contributed by atoms with Gasteiger partial charge in [0, 0.05) is 18.1 Å². The number of benzene rings is 1. The lowest BCUT2D eigenvalue weighted by molar-refractivity contribution is -0.124. The molecule has 4 nitrogen and oxygen atoms in total. The van der Waals surface area contributed by atoms with Gasteiger partial charge in [-0.2, -0.15) is 0 Å². The summed E-state index contributed by atoms with van der Waals surface area (Å²) in [4.78, 5) is 11.9. The van der Waals surface area contributed by atoms with Gasteiger partial charge in [-0.25, -0.2) is 0 Å². The maximum atomic E-state index is 11.9. The van der Waals surface area contributed by atoms with E-state index >= 15 is 0 Å². The number of fused-ring (bicyclic) bond motifs is 2. The second kappa shape index (κ2) is 5.83. The maximum absolute atomic E-state index is 11.9. The van der Waals surface area contributed by atoms with Gasteiger partial charge in [-0.3, -0.25) is 4.79 Å². The summed E-state index contributed by atoms with van der Waals surface area (Å²) in [5, 5.41) is 6.67. The molecule has 0 aliphatic carbocycles. The van der Waals surface area contributed by atoms with E-state index in [-0.39, 0.29) is 12.5 Å². The highest BCUT2D eigenvalue weighted by Gasteiger charge is 2.33. The third-order valence-corrected chi connectivity index (χ3v) is 4.23. The average Bonchev–Trinajstić information content (AvgIpc) is 2.77. The molecule has 0 spiro atoms. The summed E-state index contributed by atoms with van der Waals surface area (Å²) in [6, 6.07) is 9.26. The quantitative estimate of drug-likeness (QED) is 0.880. The highest BCUT2D eigenvalue weighted by atomic mass is 16.5. The van der Waals surface area contributed by atoms with Crippen LogP contribution in [0.1, 0.15) is 31.2 Å². The van der Waals surface area contributed by atoms with Gasteiger partial charge in [-0.15, -0.1) is 0 Å². The summed E-state index contributed by atoms with van der Waals surface area (Å²) < 4.78 is 5.51. The van der Waals surface area contributed by atoms with Gasteiger partial charge in [-0.05, 0) is 44.7 Å².